The van der Waals surface area contributed by atoms with Gasteiger partial charge in [-0.15, -0.1) is 0 Å². The van der Waals surface area contributed by atoms with E-state index in [0.29, 0.717) is 0 Å². The minimum Gasteiger partial charge on any atom is -0.329 e. The Hall–Kier alpha value is -0.120. The molecule has 2 heterocycles. The number of likely N-dealkylation sites (N-methyl/N-ethyl adjacent to an activating group) is 1. The number of nitrogens with two attached hydrogens (primary N) is 1. The van der Waals surface area contributed by atoms with Gasteiger partial charge in [-0.1, -0.05) is 13.8 Å². The molecular formula is C14H29N3. The van der Waals surface area contributed by atoms with Crippen LogP contribution < -0.4 is 5.73 Å². The molecule has 2 rings (SSSR count). The SMILES string of the molecule is CC(C)C1CCCN1C1(CN)CCCN(C)C1. The van der Waals surface area contributed by atoms with Gasteiger partial charge >= 0.3 is 0 Å². The van der Waals surface area contributed by atoms with Crippen molar-refractivity contribution < 1.29 is 0 Å². The van der Waals surface area contributed by atoms with Crippen molar-refractivity contribution in [3.05, 3.63) is 0 Å². The highest BCUT2D eigenvalue weighted by molar-refractivity contribution is 5.01. The van der Waals surface area contributed by atoms with E-state index >= 15 is 0 Å². The monoisotopic (exact) mass is 239 g/mol. The molecule has 0 aromatic heterocycles. The summed E-state index contributed by atoms with van der Waals surface area (Å²) in [7, 11) is 2.24. The van der Waals surface area contributed by atoms with E-state index in [1.807, 2.05) is 0 Å². The Labute approximate surface area is 106 Å². The zero-order valence-corrected chi connectivity index (χ0v) is 11.8. The van der Waals surface area contributed by atoms with Crippen LogP contribution in [0.25, 0.3) is 0 Å². The van der Waals surface area contributed by atoms with Crippen LogP contribution in [-0.2, 0) is 0 Å². The van der Waals surface area contributed by atoms with Crippen LogP contribution in [0.2, 0.25) is 0 Å². The molecule has 2 unspecified atom stereocenters. The molecule has 2 fully saturated rings. The Morgan fingerprint density at radius 1 is 1.29 bits per heavy atom. The molecule has 0 bridgehead atoms. The van der Waals surface area contributed by atoms with Gasteiger partial charge in [-0.05, 0) is 51.7 Å². The number of hydrogen-bond donors (Lipinski definition) is 1. The lowest BCUT2D eigenvalue weighted by Crippen LogP contribution is -2.63. The fourth-order valence-electron chi connectivity index (χ4n) is 3.93. The van der Waals surface area contributed by atoms with Gasteiger partial charge in [0.25, 0.3) is 0 Å². The summed E-state index contributed by atoms with van der Waals surface area (Å²) in [6, 6.07) is 0.755. The first-order chi connectivity index (χ1) is 8.09. The van der Waals surface area contributed by atoms with Gasteiger partial charge in [0.1, 0.15) is 0 Å². The molecule has 2 aliphatic heterocycles. The number of piperidine rings is 1. The standard InChI is InChI=1S/C14H29N3/c1-12(2)13-6-4-9-17(13)14(10-15)7-5-8-16(3)11-14/h12-13H,4-11,15H2,1-3H3. The molecule has 2 N–H and O–H groups in total. The van der Waals surface area contributed by atoms with Crippen LogP contribution in [0.3, 0.4) is 0 Å². The largest absolute Gasteiger partial charge is 0.329 e. The fraction of sp³-hybridized carbons (Fsp3) is 1.00. The molecule has 100 valence electrons. The fourth-order valence-corrected chi connectivity index (χ4v) is 3.93. The molecule has 0 saturated carbocycles. The molecule has 2 saturated heterocycles. The van der Waals surface area contributed by atoms with Crippen molar-refractivity contribution in [1.29, 1.82) is 0 Å². The maximum Gasteiger partial charge on any atom is 0.0461 e. The Morgan fingerprint density at radius 3 is 2.65 bits per heavy atom. The van der Waals surface area contributed by atoms with Crippen LogP contribution in [-0.4, -0.2) is 54.6 Å². The highest BCUT2D eigenvalue weighted by Crippen LogP contribution is 2.35. The zero-order valence-electron chi connectivity index (χ0n) is 11.8. The van der Waals surface area contributed by atoms with E-state index in [4.69, 9.17) is 5.73 Å². The molecule has 0 radical (unpaired) electrons. The molecular weight excluding hydrogens is 210 g/mol. The van der Waals surface area contributed by atoms with Gasteiger partial charge in [0.2, 0.25) is 0 Å². The van der Waals surface area contributed by atoms with Gasteiger partial charge in [0, 0.05) is 24.7 Å². The van der Waals surface area contributed by atoms with Crippen molar-refractivity contribution in [3.8, 4) is 0 Å². The van der Waals surface area contributed by atoms with Crippen LogP contribution >= 0.6 is 0 Å². The average Bonchev–Trinajstić information content (AvgIpc) is 2.78. The van der Waals surface area contributed by atoms with Gasteiger partial charge in [-0.2, -0.15) is 0 Å². The van der Waals surface area contributed by atoms with Crippen molar-refractivity contribution in [2.45, 2.75) is 51.1 Å². The van der Waals surface area contributed by atoms with E-state index in [-0.39, 0.29) is 5.54 Å². The van der Waals surface area contributed by atoms with Crippen molar-refractivity contribution in [2.75, 3.05) is 33.2 Å². The van der Waals surface area contributed by atoms with Crippen LogP contribution in [0.15, 0.2) is 0 Å². The number of likely N-dealkylation sites (tertiary alicyclic amines) is 2. The first kappa shape index (κ1) is 13.3. The smallest absolute Gasteiger partial charge is 0.0461 e. The first-order valence-electron chi connectivity index (χ1n) is 7.24. The summed E-state index contributed by atoms with van der Waals surface area (Å²) < 4.78 is 0. The molecule has 2 aliphatic rings. The molecule has 0 aromatic carbocycles. The van der Waals surface area contributed by atoms with Crippen molar-refractivity contribution in [1.82, 2.24) is 9.80 Å². The normalized spacial score (nSPS) is 36.9. The van der Waals surface area contributed by atoms with Gasteiger partial charge in [-0.25, -0.2) is 0 Å². The van der Waals surface area contributed by atoms with Gasteiger partial charge in [0.05, 0.1) is 0 Å². The van der Waals surface area contributed by atoms with Crippen LogP contribution in [0.1, 0.15) is 39.5 Å². The molecule has 0 spiro atoms. The summed E-state index contributed by atoms with van der Waals surface area (Å²) in [4.78, 5) is 5.22. The molecule has 0 amide bonds. The van der Waals surface area contributed by atoms with Crippen molar-refractivity contribution in [3.63, 3.8) is 0 Å². The Kier molecular flexibility index (Phi) is 4.11. The third kappa shape index (κ3) is 2.51. The van der Waals surface area contributed by atoms with E-state index in [9.17, 15) is 0 Å². The topological polar surface area (TPSA) is 32.5 Å². The quantitative estimate of drug-likeness (QED) is 0.811. The zero-order chi connectivity index (χ0) is 12.5. The van der Waals surface area contributed by atoms with Crippen LogP contribution in [0.5, 0.6) is 0 Å². The lowest BCUT2D eigenvalue weighted by atomic mass is 9.85. The third-order valence-corrected chi connectivity index (χ3v) is 4.80. The van der Waals surface area contributed by atoms with E-state index in [1.54, 1.807) is 0 Å². The molecule has 3 nitrogen and oxygen atoms in total. The molecule has 0 aromatic rings. The average molecular weight is 239 g/mol. The molecule has 17 heavy (non-hydrogen) atoms. The summed E-state index contributed by atoms with van der Waals surface area (Å²) in [5.74, 6) is 0.758. The van der Waals surface area contributed by atoms with Gasteiger partial charge in [-0.3, -0.25) is 4.90 Å². The maximum absolute atomic E-state index is 6.17. The lowest BCUT2D eigenvalue weighted by molar-refractivity contribution is 0.00474. The Bertz CT molecular complexity index is 254. The van der Waals surface area contributed by atoms with Crippen LogP contribution in [0.4, 0.5) is 0 Å². The van der Waals surface area contributed by atoms with Gasteiger partial charge in [0.15, 0.2) is 0 Å². The summed E-state index contributed by atoms with van der Waals surface area (Å²) >= 11 is 0. The summed E-state index contributed by atoms with van der Waals surface area (Å²) in [5.41, 5.74) is 6.44. The molecule has 2 atom stereocenters. The predicted octanol–water partition coefficient (Wildman–Crippen LogP) is 1.53. The maximum atomic E-state index is 6.17. The van der Waals surface area contributed by atoms with E-state index in [1.165, 1.54) is 38.8 Å². The molecule has 3 heteroatoms. The summed E-state index contributed by atoms with van der Waals surface area (Å²) in [6.07, 6.45) is 5.31. The predicted molar refractivity (Wildman–Crippen MR) is 73.1 cm³/mol. The Balaban J connectivity index is 2.16. The second-order valence-electron chi connectivity index (χ2n) is 6.42. The second kappa shape index (κ2) is 5.25. The van der Waals surface area contributed by atoms with Crippen LogP contribution in [0, 0.1) is 5.92 Å². The highest BCUT2D eigenvalue weighted by atomic mass is 15.3. The molecule has 0 aliphatic carbocycles. The minimum atomic E-state index is 0.262. The first-order valence-corrected chi connectivity index (χ1v) is 7.24. The van der Waals surface area contributed by atoms with Crippen molar-refractivity contribution in [2.24, 2.45) is 11.7 Å². The third-order valence-electron chi connectivity index (χ3n) is 4.80. The highest BCUT2D eigenvalue weighted by Gasteiger charge is 2.44. The number of nitrogens with zero attached hydrogens (tertiary/aromatic N) is 2. The summed E-state index contributed by atoms with van der Waals surface area (Å²) in [5, 5.41) is 0. The second-order valence-corrected chi connectivity index (χ2v) is 6.42. The lowest BCUT2D eigenvalue weighted by Gasteiger charge is -2.50. The van der Waals surface area contributed by atoms with E-state index in [0.717, 1.165) is 25.0 Å². The number of rotatable bonds is 3. The minimum absolute atomic E-state index is 0.262. The van der Waals surface area contributed by atoms with Gasteiger partial charge < -0.3 is 10.6 Å². The summed E-state index contributed by atoms with van der Waals surface area (Å²) in [6.45, 7) is 9.20. The number of hydrogen-bond acceptors (Lipinski definition) is 3. The van der Waals surface area contributed by atoms with Crippen molar-refractivity contribution >= 4 is 0 Å². The Morgan fingerprint density at radius 2 is 2.06 bits per heavy atom. The van der Waals surface area contributed by atoms with E-state index < -0.39 is 0 Å². The van der Waals surface area contributed by atoms with E-state index in [2.05, 4.69) is 30.7 Å².